The number of aliphatic hydroxyl groups is 1. The number of amides is 1. The molecule has 20 heavy (non-hydrogen) atoms. The van der Waals surface area contributed by atoms with Crippen LogP contribution < -0.4 is 11.1 Å². The Kier molecular flexibility index (Phi) is 4.25. The molecule has 0 aromatic heterocycles. The molecule has 1 atom stereocenters. The Labute approximate surface area is 117 Å². The number of hydrogen-bond donors (Lipinski definition) is 3. The highest BCUT2D eigenvalue weighted by Crippen LogP contribution is 2.21. The van der Waals surface area contributed by atoms with Crippen LogP contribution in [0.4, 0.5) is 15.8 Å². The van der Waals surface area contributed by atoms with Crippen LogP contribution in [0.5, 0.6) is 0 Å². The molecule has 0 spiro atoms. The summed E-state index contributed by atoms with van der Waals surface area (Å²) < 4.78 is 13.1. The monoisotopic (exact) mass is 281 g/mol. The lowest BCUT2D eigenvalue weighted by Gasteiger charge is -2.36. The summed E-state index contributed by atoms with van der Waals surface area (Å²) in [6.45, 7) is 3.15. The molecule has 4 N–H and O–H groups in total. The van der Waals surface area contributed by atoms with Crippen molar-refractivity contribution in [3.63, 3.8) is 0 Å². The maximum atomic E-state index is 13.1. The van der Waals surface area contributed by atoms with Crippen LogP contribution in [-0.4, -0.2) is 41.1 Å². The van der Waals surface area contributed by atoms with E-state index in [9.17, 15) is 14.3 Å². The van der Waals surface area contributed by atoms with E-state index in [2.05, 4.69) is 5.32 Å². The third kappa shape index (κ3) is 3.91. The molecule has 1 amide bonds. The second-order valence-corrected chi connectivity index (χ2v) is 5.59. The van der Waals surface area contributed by atoms with Gasteiger partial charge in [-0.2, -0.15) is 0 Å². The number of hydrogen-bond acceptors (Lipinski definition) is 4. The molecule has 0 radical (unpaired) electrons. The number of carbonyl (C=O) groups excluding carboxylic acids is 1. The molecule has 1 aromatic rings. The van der Waals surface area contributed by atoms with E-state index in [1.54, 1.807) is 6.92 Å². The summed E-state index contributed by atoms with van der Waals surface area (Å²) in [7, 11) is 0. The van der Waals surface area contributed by atoms with Crippen LogP contribution in [-0.2, 0) is 4.79 Å². The van der Waals surface area contributed by atoms with Gasteiger partial charge in [0.1, 0.15) is 5.82 Å². The van der Waals surface area contributed by atoms with Gasteiger partial charge in [-0.3, -0.25) is 9.69 Å². The first-order chi connectivity index (χ1) is 9.35. The molecule has 1 aliphatic heterocycles. The van der Waals surface area contributed by atoms with Crippen molar-refractivity contribution in [1.82, 2.24) is 4.90 Å². The number of benzene rings is 1. The number of β-amino-alcohol motifs (C(OH)–C–C–N with tert-alkyl or cyclic N) is 1. The van der Waals surface area contributed by atoms with Crippen LogP contribution in [0.25, 0.3) is 0 Å². The minimum atomic E-state index is -0.754. The molecular weight excluding hydrogens is 261 g/mol. The van der Waals surface area contributed by atoms with E-state index in [4.69, 9.17) is 5.73 Å². The summed E-state index contributed by atoms with van der Waals surface area (Å²) in [5, 5.41) is 12.6. The van der Waals surface area contributed by atoms with Gasteiger partial charge in [0.25, 0.3) is 0 Å². The van der Waals surface area contributed by atoms with Crippen molar-refractivity contribution >= 4 is 17.3 Å². The summed E-state index contributed by atoms with van der Waals surface area (Å²) in [4.78, 5) is 13.8. The number of carbonyl (C=O) groups is 1. The molecule has 0 aliphatic carbocycles. The Hall–Kier alpha value is -1.66. The van der Waals surface area contributed by atoms with Crippen molar-refractivity contribution in [1.29, 1.82) is 0 Å². The van der Waals surface area contributed by atoms with Gasteiger partial charge >= 0.3 is 0 Å². The van der Waals surface area contributed by atoms with Gasteiger partial charge in [-0.25, -0.2) is 4.39 Å². The van der Waals surface area contributed by atoms with Crippen LogP contribution in [0.2, 0.25) is 0 Å². The minimum Gasteiger partial charge on any atom is -0.397 e. The minimum absolute atomic E-state index is 0.159. The first-order valence-electron chi connectivity index (χ1n) is 6.65. The third-order valence-electron chi connectivity index (χ3n) is 3.41. The topological polar surface area (TPSA) is 78.6 Å². The van der Waals surface area contributed by atoms with E-state index in [1.807, 2.05) is 4.90 Å². The van der Waals surface area contributed by atoms with E-state index in [0.29, 0.717) is 12.2 Å². The number of rotatable bonds is 3. The van der Waals surface area contributed by atoms with Gasteiger partial charge in [-0.1, -0.05) is 0 Å². The lowest BCUT2D eigenvalue weighted by Crippen LogP contribution is -2.48. The van der Waals surface area contributed by atoms with Crippen molar-refractivity contribution in [3.05, 3.63) is 24.0 Å². The lowest BCUT2D eigenvalue weighted by atomic mass is 9.95. The van der Waals surface area contributed by atoms with Crippen LogP contribution in [0.1, 0.15) is 19.8 Å². The molecule has 1 unspecified atom stereocenters. The molecule has 6 heteroatoms. The van der Waals surface area contributed by atoms with Crippen LogP contribution >= 0.6 is 0 Å². The number of halogens is 1. The van der Waals surface area contributed by atoms with E-state index < -0.39 is 11.4 Å². The zero-order valence-electron chi connectivity index (χ0n) is 11.5. The van der Waals surface area contributed by atoms with Gasteiger partial charge in [0, 0.05) is 6.54 Å². The first kappa shape index (κ1) is 14.7. The average Bonchev–Trinajstić information content (AvgIpc) is 2.32. The van der Waals surface area contributed by atoms with Gasteiger partial charge in [0.15, 0.2) is 0 Å². The van der Waals surface area contributed by atoms with Crippen LogP contribution in [0.3, 0.4) is 0 Å². The standard InChI is InChI=1S/C14H20FN3O2/c1-14(20)5-2-6-18(9-14)8-13(19)17-12-7-10(15)3-4-11(12)16/h3-4,7,20H,2,5-6,8-9,16H2,1H3,(H,17,19). The summed E-state index contributed by atoms with van der Waals surface area (Å²) in [5.41, 5.74) is 5.53. The quantitative estimate of drug-likeness (QED) is 0.727. The smallest absolute Gasteiger partial charge is 0.238 e. The highest BCUT2D eigenvalue weighted by atomic mass is 19.1. The lowest BCUT2D eigenvalue weighted by molar-refractivity contribution is -0.118. The van der Waals surface area contributed by atoms with Gasteiger partial charge < -0.3 is 16.2 Å². The Balaban J connectivity index is 1.94. The zero-order valence-corrected chi connectivity index (χ0v) is 11.5. The molecule has 0 bridgehead atoms. The van der Waals surface area contributed by atoms with Gasteiger partial charge in [0.2, 0.25) is 5.91 Å². The number of likely N-dealkylation sites (tertiary alicyclic amines) is 1. The SMILES string of the molecule is CC1(O)CCCN(CC(=O)Nc2cc(F)ccc2N)C1. The molecule has 2 rings (SSSR count). The summed E-state index contributed by atoms with van der Waals surface area (Å²) >= 11 is 0. The predicted molar refractivity (Wildman–Crippen MR) is 75.7 cm³/mol. The van der Waals surface area contributed by atoms with Gasteiger partial charge in [-0.15, -0.1) is 0 Å². The predicted octanol–water partition coefficient (Wildman–Crippen LogP) is 1.19. The van der Waals surface area contributed by atoms with E-state index in [1.165, 1.54) is 18.2 Å². The van der Waals surface area contributed by atoms with Crippen molar-refractivity contribution < 1.29 is 14.3 Å². The summed E-state index contributed by atoms with van der Waals surface area (Å²) in [6, 6.07) is 3.85. The maximum Gasteiger partial charge on any atom is 0.238 e. The Morgan fingerprint density at radius 3 is 3.05 bits per heavy atom. The first-order valence-corrected chi connectivity index (χ1v) is 6.65. The summed E-state index contributed by atoms with van der Waals surface area (Å²) in [5.74, 6) is -0.713. The number of nitrogens with one attached hydrogen (secondary N) is 1. The summed E-state index contributed by atoms with van der Waals surface area (Å²) in [6.07, 6.45) is 1.59. The molecule has 1 aromatic carbocycles. The molecule has 1 aliphatic rings. The Morgan fingerprint density at radius 1 is 1.60 bits per heavy atom. The van der Waals surface area contributed by atoms with E-state index >= 15 is 0 Å². The fourth-order valence-electron chi connectivity index (χ4n) is 2.49. The number of anilines is 2. The highest BCUT2D eigenvalue weighted by Gasteiger charge is 2.29. The number of nitrogens with zero attached hydrogens (tertiary/aromatic N) is 1. The number of piperidine rings is 1. The van der Waals surface area contributed by atoms with Crippen molar-refractivity contribution in [2.24, 2.45) is 0 Å². The molecule has 1 fully saturated rings. The molecule has 110 valence electrons. The van der Waals surface area contributed by atoms with Crippen LogP contribution in [0.15, 0.2) is 18.2 Å². The molecule has 1 saturated heterocycles. The maximum absolute atomic E-state index is 13.1. The number of nitrogen functional groups attached to an aromatic ring is 1. The average molecular weight is 281 g/mol. The zero-order chi connectivity index (χ0) is 14.8. The Bertz CT molecular complexity index is 505. The molecule has 0 saturated carbocycles. The normalized spacial score (nSPS) is 23.6. The molecule has 5 nitrogen and oxygen atoms in total. The second kappa shape index (κ2) is 5.76. The number of nitrogens with two attached hydrogens (primary N) is 1. The Morgan fingerprint density at radius 2 is 2.35 bits per heavy atom. The second-order valence-electron chi connectivity index (χ2n) is 5.59. The fraction of sp³-hybridized carbons (Fsp3) is 0.500. The third-order valence-corrected chi connectivity index (χ3v) is 3.41. The van der Waals surface area contributed by atoms with Crippen LogP contribution in [0, 0.1) is 5.82 Å². The van der Waals surface area contributed by atoms with Crippen molar-refractivity contribution in [2.45, 2.75) is 25.4 Å². The van der Waals surface area contributed by atoms with E-state index in [0.717, 1.165) is 19.4 Å². The fourth-order valence-corrected chi connectivity index (χ4v) is 2.49. The largest absolute Gasteiger partial charge is 0.397 e. The molecule has 1 heterocycles. The van der Waals surface area contributed by atoms with Gasteiger partial charge in [-0.05, 0) is 44.5 Å². The van der Waals surface area contributed by atoms with Gasteiger partial charge in [0.05, 0.1) is 23.5 Å². The van der Waals surface area contributed by atoms with E-state index in [-0.39, 0.29) is 18.1 Å². The van der Waals surface area contributed by atoms with Crippen molar-refractivity contribution in [2.75, 3.05) is 30.7 Å². The van der Waals surface area contributed by atoms with Crippen molar-refractivity contribution in [3.8, 4) is 0 Å². The molecular formula is C14H20FN3O2. The highest BCUT2D eigenvalue weighted by molar-refractivity contribution is 5.95.